The molecular formula is C20H23NO4. The standard InChI is InChI=1S/C20H23NO4/c1-3-21(13-20(23)24)19(22)12-16-8-6-10-18(11-16)25-14-17-9-5-4-7-15(17)2/h4-11H,3,12-14H2,1-2H3,(H,23,24). The van der Waals surface area contributed by atoms with E-state index in [1.54, 1.807) is 6.92 Å². The number of hydrogen-bond acceptors (Lipinski definition) is 3. The van der Waals surface area contributed by atoms with Crippen LogP contribution in [0.1, 0.15) is 23.6 Å². The second-order valence-electron chi connectivity index (χ2n) is 5.84. The van der Waals surface area contributed by atoms with Crippen molar-refractivity contribution in [2.45, 2.75) is 26.9 Å². The number of rotatable bonds is 8. The van der Waals surface area contributed by atoms with Gasteiger partial charge in [0.1, 0.15) is 18.9 Å². The quantitative estimate of drug-likeness (QED) is 0.801. The summed E-state index contributed by atoms with van der Waals surface area (Å²) in [4.78, 5) is 24.4. The molecule has 0 unspecified atom stereocenters. The number of carbonyl (C=O) groups is 2. The van der Waals surface area contributed by atoms with Crippen LogP contribution in [-0.2, 0) is 22.6 Å². The highest BCUT2D eigenvalue weighted by molar-refractivity contribution is 5.83. The van der Waals surface area contributed by atoms with Crippen LogP contribution < -0.4 is 4.74 Å². The first-order chi connectivity index (χ1) is 12.0. The summed E-state index contributed by atoms with van der Waals surface area (Å²) in [6.45, 7) is 4.36. The minimum Gasteiger partial charge on any atom is -0.489 e. The molecule has 0 aliphatic heterocycles. The van der Waals surface area contributed by atoms with Crippen molar-refractivity contribution in [3.63, 3.8) is 0 Å². The molecule has 0 aliphatic carbocycles. The van der Waals surface area contributed by atoms with Gasteiger partial charge in [-0.3, -0.25) is 9.59 Å². The number of ether oxygens (including phenoxy) is 1. The zero-order valence-corrected chi connectivity index (χ0v) is 14.6. The number of likely N-dealkylation sites (N-methyl/N-ethyl adjacent to an activating group) is 1. The molecule has 0 radical (unpaired) electrons. The Morgan fingerprint density at radius 3 is 2.56 bits per heavy atom. The SMILES string of the molecule is CCN(CC(=O)O)C(=O)Cc1cccc(OCc2ccccc2C)c1. The molecule has 2 aromatic carbocycles. The van der Waals surface area contributed by atoms with Gasteiger partial charge in [0.15, 0.2) is 0 Å². The second-order valence-corrected chi connectivity index (χ2v) is 5.84. The highest BCUT2D eigenvalue weighted by Gasteiger charge is 2.15. The van der Waals surface area contributed by atoms with Crippen LogP contribution in [-0.4, -0.2) is 35.0 Å². The number of hydrogen-bond donors (Lipinski definition) is 1. The Balaban J connectivity index is 1.99. The number of carbonyl (C=O) groups excluding carboxylic acids is 1. The van der Waals surface area contributed by atoms with Gasteiger partial charge >= 0.3 is 5.97 Å². The van der Waals surface area contributed by atoms with Crippen LogP contribution >= 0.6 is 0 Å². The Kier molecular flexibility index (Phi) is 6.57. The smallest absolute Gasteiger partial charge is 0.323 e. The number of carboxylic acids is 1. The molecule has 0 heterocycles. The Hall–Kier alpha value is -2.82. The molecule has 1 amide bonds. The van der Waals surface area contributed by atoms with E-state index in [1.807, 2.05) is 55.5 Å². The lowest BCUT2D eigenvalue weighted by molar-refractivity contribution is -0.144. The van der Waals surface area contributed by atoms with Crippen LogP contribution in [0.15, 0.2) is 48.5 Å². The van der Waals surface area contributed by atoms with E-state index in [4.69, 9.17) is 9.84 Å². The van der Waals surface area contributed by atoms with E-state index in [2.05, 4.69) is 0 Å². The molecule has 5 nitrogen and oxygen atoms in total. The molecule has 0 bridgehead atoms. The maximum absolute atomic E-state index is 12.2. The Bertz CT molecular complexity index is 742. The zero-order chi connectivity index (χ0) is 18.2. The van der Waals surface area contributed by atoms with Crippen LogP contribution in [0.2, 0.25) is 0 Å². The van der Waals surface area contributed by atoms with Crippen molar-refractivity contribution in [2.24, 2.45) is 0 Å². The average Bonchev–Trinajstić information content (AvgIpc) is 2.59. The van der Waals surface area contributed by atoms with Gasteiger partial charge in [0.2, 0.25) is 5.91 Å². The summed E-state index contributed by atoms with van der Waals surface area (Å²) in [5, 5.41) is 8.86. The maximum atomic E-state index is 12.2. The van der Waals surface area contributed by atoms with Crippen molar-refractivity contribution in [1.29, 1.82) is 0 Å². The molecule has 0 aliphatic rings. The molecule has 0 aromatic heterocycles. The fraction of sp³-hybridized carbons (Fsp3) is 0.300. The molecule has 0 spiro atoms. The number of carboxylic acid groups (broad SMARTS) is 1. The molecule has 1 N–H and O–H groups in total. The Morgan fingerprint density at radius 2 is 1.88 bits per heavy atom. The molecule has 0 fully saturated rings. The molecule has 25 heavy (non-hydrogen) atoms. The zero-order valence-electron chi connectivity index (χ0n) is 14.6. The lowest BCUT2D eigenvalue weighted by Gasteiger charge is -2.18. The van der Waals surface area contributed by atoms with Gasteiger partial charge in [0, 0.05) is 6.54 Å². The Labute approximate surface area is 147 Å². The number of nitrogens with zero attached hydrogens (tertiary/aromatic N) is 1. The number of amides is 1. The van der Waals surface area contributed by atoms with Crippen molar-refractivity contribution in [2.75, 3.05) is 13.1 Å². The summed E-state index contributed by atoms with van der Waals surface area (Å²) < 4.78 is 5.83. The van der Waals surface area contributed by atoms with E-state index in [1.165, 1.54) is 10.5 Å². The van der Waals surface area contributed by atoms with Gasteiger partial charge in [-0.1, -0.05) is 36.4 Å². The fourth-order valence-corrected chi connectivity index (χ4v) is 2.50. The fourth-order valence-electron chi connectivity index (χ4n) is 2.50. The van der Waals surface area contributed by atoms with Crippen LogP contribution in [0.3, 0.4) is 0 Å². The summed E-state index contributed by atoms with van der Waals surface area (Å²) in [7, 11) is 0. The summed E-state index contributed by atoms with van der Waals surface area (Å²) in [5.74, 6) is -0.527. The highest BCUT2D eigenvalue weighted by atomic mass is 16.5. The molecular weight excluding hydrogens is 318 g/mol. The average molecular weight is 341 g/mol. The third kappa shape index (κ3) is 5.64. The third-order valence-corrected chi connectivity index (χ3v) is 3.97. The summed E-state index contributed by atoms with van der Waals surface area (Å²) >= 11 is 0. The van der Waals surface area contributed by atoms with Gasteiger partial charge in [0.25, 0.3) is 0 Å². The Morgan fingerprint density at radius 1 is 1.12 bits per heavy atom. The first kappa shape index (κ1) is 18.5. The normalized spacial score (nSPS) is 10.3. The minimum absolute atomic E-state index is 0.155. The summed E-state index contributed by atoms with van der Waals surface area (Å²) in [5.41, 5.74) is 3.08. The van der Waals surface area contributed by atoms with Crippen LogP contribution in [0, 0.1) is 6.92 Å². The lowest BCUT2D eigenvalue weighted by atomic mass is 10.1. The first-order valence-electron chi connectivity index (χ1n) is 8.25. The monoisotopic (exact) mass is 341 g/mol. The second kappa shape index (κ2) is 8.87. The van der Waals surface area contributed by atoms with Crippen molar-refractivity contribution < 1.29 is 19.4 Å². The molecule has 132 valence electrons. The lowest BCUT2D eigenvalue weighted by Crippen LogP contribution is -2.36. The van der Waals surface area contributed by atoms with E-state index in [0.717, 1.165) is 11.1 Å². The van der Waals surface area contributed by atoms with E-state index in [0.29, 0.717) is 18.9 Å². The molecule has 0 saturated carbocycles. The van der Waals surface area contributed by atoms with Gasteiger partial charge in [-0.25, -0.2) is 0 Å². The topological polar surface area (TPSA) is 66.8 Å². The molecule has 2 aromatic rings. The summed E-state index contributed by atoms with van der Waals surface area (Å²) in [6, 6.07) is 15.4. The van der Waals surface area contributed by atoms with Gasteiger partial charge < -0.3 is 14.7 Å². The van der Waals surface area contributed by atoms with Crippen molar-refractivity contribution in [3.8, 4) is 5.75 Å². The van der Waals surface area contributed by atoms with E-state index in [-0.39, 0.29) is 18.9 Å². The van der Waals surface area contributed by atoms with Crippen molar-refractivity contribution >= 4 is 11.9 Å². The highest BCUT2D eigenvalue weighted by Crippen LogP contribution is 2.17. The molecule has 5 heteroatoms. The van der Waals surface area contributed by atoms with Crippen molar-refractivity contribution in [3.05, 3.63) is 65.2 Å². The third-order valence-electron chi connectivity index (χ3n) is 3.97. The van der Waals surface area contributed by atoms with Crippen LogP contribution in [0.4, 0.5) is 0 Å². The van der Waals surface area contributed by atoms with Crippen LogP contribution in [0.5, 0.6) is 5.75 Å². The number of aryl methyl sites for hydroxylation is 1. The van der Waals surface area contributed by atoms with Gasteiger partial charge in [-0.15, -0.1) is 0 Å². The summed E-state index contributed by atoms with van der Waals surface area (Å²) in [6.07, 6.45) is 0.155. The van der Waals surface area contributed by atoms with Gasteiger partial charge in [-0.05, 0) is 42.7 Å². The van der Waals surface area contributed by atoms with Crippen LogP contribution in [0.25, 0.3) is 0 Å². The predicted octanol–water partition coefficient (Wildman–Crippen LogP) is 3.05. The largest absolute Gasteiger partial charge is 0.489 e. The minimum atomic E-state index is -1.01. The first-order valence-corrected chi connectivity index (χ1v) is 8.25. The number of aliphatic carboxylic acids is 1. The maximum Gasteiger partial charge on any atom is 0.323 e. The van der Waals surface area contributed by atoms with Gasteiger partial charge in [-0.2, -0.15) is 0 Å². The van der Waals surface area contributed by atoms with E-state index < -0.39 is 5.97 Å². The van der Waals surface area contributed by atoms with E-state index in [9.17, 15) is 9.59 Å². The molecule has 0 atom stereocenters. The number of benzene rings is 2. The predicted molar refractivity (Wildman–Crippen MR) is 95.5 cm³/mol. The van der Waals surface area contributed by atoms with Gasteiger partial charge in [0.05, 0.1) is 6.42 Å². The molecule has 0 saturated heterocycles. The van der Waals surface area contributed by atoms with E-state index >= 15 is 0 Å². The van der Waals surface area contributed by atoms with Crippen molar-refractivity contribution in [1.82, 2.24) is 4.90 Å². The molecule has 2 rings (SSSR count).